The summed E-state index contributed by atoms with van der Waals surface area (Å²) in [6.07, 6.45) is 6.46. The van der Waals surface area contributed by atoms with Crippen LogP contribution in [0.15, 0.2) is 24.4 Å². The van der Waals surface area contributed by atoms with Crippen molar-refractivity contribution < 1.29 is 9.90 Å². The summed E-state index contributed by atoms with van der Waals surface area (Å²) in [6, 6.07) is 5.43. The first-order valence-corrected chi connectivity index (χ1v) is 10.2. The fourth-order valence-electron chi connectivity index (χ4n) is 4.11. The summed E-state index contributed by atoms with van der Waals surface area (Å²) in [4.78, 5) is 23.8. The number of rotatable bonds is 4. The summed E-state index contributed by atoms with van der Waals surface area (Å²) < 4.78 is 0. The number of likely N-dealkylation sites (N-methyl/N-ethyl adjacent to an activating group) is 1. The molecule has 3 heterocycles. The van der Waals surface area contributed by atoms with Crippen LogP contribution in [0.5, 0.6) is 0 Å². The molecule has 2 aromatic rings. The van der Waals surface area contributed by atoms with Gasteiger partial charge in [-0.1, -0.05) is 30.5 Å². The number of carbonyl (C=O) groups excluding carboxylic acids is 1. The van der Waals surface area contributed by atoms with Crippen LogP contribution in [0, 0.1) is 0 Å². The number of amides is 1. The molecule has 1 saturated carbocycles. The minimum Gasteiger partial charge on any atom is -0.391 e. The molecular formula is C21H25ClN4O2. The van der Waals surface area contributed by atoms with Crippen LogP contribution in [-0.4, -0.2) is 46.7 Å². The minimum absolute atomic E-state index is 0.196. The Balaban J connectivity index is 1.61. The second-order valence-electron chi connectivity index (χ2n) is 7.74. The van der Waals surface area contributed by atoms with Gasteiger partial charge in [0.05, 0.1) is 12.1 Å². The molecule has 0 unspecified atom stereocenters. The van der Waals surface area contributed by atoms with E-state index < -0.39 is 6.10 Å². The Bertz CT molecular complexity index is 871. The van der Waals surface area contributed by atoms with Gasteiger partial charge in [-0.25, -0.2) is 9.97 Å². The van der Waals surface area contributed by atoms with Gasteiger partial charge in [0.2, 0.25) is 0 Å². The summed E-state index contributed by atoms with van der Waals surface area (Å²) in [5.74, 6) is 0.651. The Labute approximate surface area is 169 Å². The van der Waals surface area contributed by atoms with E-state index in [9.17, 15) is 9.90 Å². The SMILES string of the molecule is CN1CCc2c(Cc3ccc(Cl)nc3)cc(C(=O)N[C@H]3CCCC[C@@H]3O)nc21. The normalized spacial score (nSPS) is 21.5. The average molecular weight is 401 g/mol. The second kappa shape index (κ2) is 8.05. The zero-order chi connectivity index (χ0) is 19.7. The number of aliphatic hydroxyl groups excluding tert-OH is 1. The number of aliphatic hydroxyl groups is 1. The number of halogens is 1. The van der Waals surface area contributed by atoms with Crippen molar-refractivity contribution in [1.82, 2.24) is 15.3 Å². The average Bonchev–Trinajstić information content (AvgIpc) is 3.07. The van der Waals surface area contributed by atoms with Crippen LogP contribution in [0.4, 0.5) is 5.82 Å². The van der Waals surface area contributed by atoms with E-state index in [1.165, 1.54) is 5.56 Å². The molecule has 0 radical (unpaired) electrons. The lowest BCUT2D eigenvalue weighted by Gasteiger charge is -2.28. The molecule has 1 aliphatic carbocycles. The Hall–Kier alpha value is -2.18. The summed E-state index contributed by atoms with van der Waals surface area (Å²) in [7, 11) is 2.00. The van der Waals surface area contributed by atoms with Crippen molar-refractivity contribution in [2.24, 2.45) is 0 Å². The van der Waals surface area contributed by atoms with Crippen molar-refractivity contribution >= 4 is 23.3 Å². The molecular weight excluding hydrogens is 376 g/mol. The number of nitrogens with zero attached hydrogens (tertiary/aromatic N) is 3. The molecule has 28 heavy (non-hydrogen) atoms. The molecule has 1 aliphatic heterocycles. The van der Waals surface area contributed by atoms with Crippen molar-refractivity contribution in [2.45, 2.75) is 50.7 Å². The number of nitrogens with one attached hydrogen (secondary N) is 1. The van der Waals surface area contributed by atoms with Crippen LogP contribution in [-0.2, 0) is 12.8 Å². The highest BCUT2D eigenvalue weighted by atomic mass is 35.5. The lowest BCUT2D eigenvalue weighted by atomic mass is 9.92. The predicted octanol–water partition coefficient (Wildman–Crippen LogP) is 2.75. The van der Waals surface area contributed by atoms with Crippen LogP contribution in [0.25, 0.3) is 0 Å². The van der Waals surface area contributed by atoms with Gasteiger partial charge < -0.3 is 15.3 Å². The molecule has 2 N–H and O–H groups in total. The monoisotopic (exact) mass is 400 g/mol. The maximum Gasteiger partial charge on any atom is 0.270 e. The second-order valence-corrected chi connectivity index (χ2v) is 8.13. The van der Waals surface area contributed by atoms with Gasteiger partial charge >= 0.3 is 0 Å². The summed E-state index contributed by atoms with van der Waals surface area (Å²) in [5.41, 5.74) is 3.73. The Morgan fingerprint density at radius 3 is 2.93 bits per heavy atom. The van der Waals surface area contributed by atoms with Crippen molar-refractivity contribution in [3.05, 3.63) is 51.9 Å². The third kappa shape index (κ3) is 3.98. The highest BCUT2D eigenvalue weighted by molar-refractivity contribution is 6.29. The van der Waals surface area contributed by atoms with Gasteiger partial charge in [0.1, 0.15) is 16.7 Å². The smallest absolute Gasteiger partial charge is 0.270 e. The largest absolute Gasteiger partial charge is 0.391 e. The quantitative estimate of drug-likeness (QED) is 0.771. The molecule has 0 bridgehead atoms. The van der Waals surface area contributed by atoms with Crippen molar-refractivity contribution in [3.8, 4) is 0 Å². The molecule has 4 rings (SSSR count). The Kier molecular flexibility index (Phi) is 5.51. The Morgan fingerprint density at radius 1 is 1.36 bits per heavy atom. The molecule has 0 saturated heterocycles. The zero-order valence-corrected chi connectivity index (χ0v) is 16.7. The molecule has 2 aliphatic rings. The maximum atomic E-state index is 12.9. The first-order valence-electron chi connectivity index (χ1n) is 9.84. The van der Waals surface area contributed by atoms with E-state index in [-0.39, 0.29) is 11.9 Å². The van der Waals surface area contributed by atoms with E-state index in [2.05, 4.69) is 20.2 Å². The first kappa shape index (κ1) is 19.2. The first-order chi connectivity index (χ1) is 13.5. The van der Waals surface area contributed by atoms with E-state index in [0.29, 0.717) is 17.3 Å². The molecule has 2 aromatic heterocycles. The lowest BCUT2D eigenvalue weighted by molar-refractivity contribution is 0.0714. The van der Waals surface area contributed by atoms with Crippen LogP contribution >= 0.6 is 11.6 Å². The predicted molar refractivity (Wildman–Crippen MR) is 109 cm³/mol. The molecule has 1 amide bonds. The number of pyridine rings is 2. The molecule has 0 aromatic carbocycles. The van der Waals surface area contributed by atoms with Crippen molar-refractivity contribution in [3.63, 3.8) is 0 Å². The molecule has 0 spiro atoms. The molecule has 7 heteroatoms. The lowest BCUT2D eigenvalue weighted by Crippen LogP contribution is -2.45. The fraction of sp³-hybridized carbons (Fsp3) is 0.476. The van der Waals surface area contributed by atoms with Gasteiger partial charge in [0.15, 0.2) is 0 Å². The molecule has 1 fully saturated rings. The van der Waals surface area contributed by atoms with Gasteiger partial charge in [0, 0.05) is 25.4 Å². The van der Waals surface area contributed by atoms with Gasteiger partial charge in [-0.15, -0.1) is 0 Å². The zero-order valence-electron chi connectivity index (χ0n) is 16.0. The van der Waals surface area contributed by atoms with Crippen LogP contribution < -0.4 is 10.2 Å². The van der Waals surface area contributed by atoms with E-state index in [0.717, 1.165) is 55.6 Å². The number of aromatic nitrogens is 2. The van der Waals surface area contributed by atoms with Crippen molar-refractivity contribution in [1.29, 1.82) is 0 Å². The van der Waals surface area contributed by atoms with Gasteiger partial charge in [-0.2, -0.15) is 0 Å². The van der Waals surface area contributed by atoms with Crippen LogP contribution in [0.3, 0.4) is 0 Å². The number of carbonyl (C=O) groups is 1. The standard InChI is InChI=1S/C21H25ClN4O2/c1-26-9-8-15-14(10-13-6-7-19(22)23-12-13)11-17(24-20(15)26)21(28)25-16-4-2-3-5-18(16)27/h6-7,11-12,16,18,27H,2-5,8-10H2,1H3,(H,25,28)/t16-,18-/m0/s1. The highest BCUT2D eigenvalue weighted by Crippen LogP contribution is 2.30. The molecule has 6 nitrogen and oxygen atoms in total. The Morgan fingerprint density at radius 2 is 2.18 bits per heavy atom. The van der Waals surface area contributed by atoms with Crippen molar-refractivity contribution in [2.75, 3.05) is 18.5 Å². The van der Waals surface area contributed by atoms with E-state index in [1.54, 1.807) is 12.3 Å². The highest BCUT2D eigenvalue weighted by Gasteiger charge is 2.28. The fourth-order valence-corrected chi connectivity index (χ4v) is 4.22. The summed E-state index contributed by atoms with van der Waals surface area (Å²) in [5, 5.41) is 13.6. The van der Waals surface area contributed by atoms with E-state index in [1.807, 2.05) is 19.2 Å². The molecule has 2 atom stereocenters. The number of anilines is 1. The molecule has 148 valence electrons. The summed E-state index contributed by atoms with van der Waals surface area (Å²) in [6.45, 7) is 0.889. The maximum absolute atomic E-state index is 12.9. The van der Waals surface area contributed by atoms with Gasteiger partial charge in [0.25, 0.3) is 5.91 Å². The number of hydrogen-bond donors (Lipinski definition) is 2. The van der Waals surface area contributed by atoms with Crippen LogP contribution in [0.2, 0.25) is 5.15 Å². The van der Waals surface area contributed by atoms with E-state index >= 15 is 0 Å². The third-order valence-corrected chi connectivity index (χ3v) is 5.94. The van der Waals surface area contributed by atoms with Gasteiger partial charge in [-0.3, -0.25) is 4.79 Å². The third-order valence-electron chi connectivity index (χ3n) is 5.72. The van der Waals surface area contributed by atoms with E-state index in [4.69, 9.17) is 11.6 Å². The number of hydrogen-bond acceptors (Lipinski definition) is 5. The van der Waals surface area contributed by atoms with Gasteiger partial charge in [-0.05, 0) is 48.9 Å². The summed E-state index contributed by atoms with van der Waals surface area (Å²) >= 11 is 5.90. The topological polar surface area (TPSA) is 78.4 Å². The van der Waals surface area contributed by atoms with Crippen LogP contribution in [0.1, 0.15) is 52.9 Å². The number of fused-ring (bicyclic) bond motifs is 1. The minimum atomic E-state index is -0.477.